The van der Waals surface area contributed by atoms with Crippen molar-refractivity contribution in [3.63, 3.8) is 0 Å². The van der Waals surface area contributed by atoms with Gasteiger partial charge in [0.1, 0.15) is 0 Å². The van der Waals surface area contributed by atoms with Crippen LogP contribution in [0.4, 0.5) is 0 Å². The first-order valence-corrected chi connectivity index (χ1v) is 3.87. The molecule has 0 fully saturated rings. The van der Waals surface area contributed by atoms with Gasteiger partial charge >= 0.3 is 5.97 Å². The predicted octanol–water partition coefficient (Wildman–Crippen LogP) is 1.55. The van der Waals surface area contributed by atoms with Gasteiger partial charge in [-0.2, -0.15) is 0 Å². The molecule has 0 bridgehead atoms. The van der Waals surface area contributed by atoms with Crippen molar-refractivity contribution in [3.8, 4) is 5.88 Å². The largest absolute Gasteiger partial charge is 0.481 e. The normalized spacial score (nSPS) is 9.50. The number of carboxylic acid groups (broad SMARTS) is 1. The Morgan fingerprint density at radius 3 is 2.83 bits per heavy atom. The molecule has 4 nitrogen and oxygen atoms in total. The van der Waals surface area contributed by atoms with E-state index in [1.807, 2.05) is 0 Å². The summed E-state index contributed by atoms with van der Waals surface area (Å²) in [5, 5.41) is 8.62. The van der Waals surface area contributed by atoms with Crippen molar-refractivity contribution in [2.45, 2.75) is 0 Å². The van der Waals surface area contributed by atoms with Crippen molar-refractivity contribution >= 4 is 21.9 Å². The molecular formula is C7H6BrNO3. The molecule has 0 unspecified atom stereocenters. The number of methoxy groups -OCH3 is 1. The highest BCUT2D eigenvalue weighted by Gasteiger charge is 2.09. The smallest absolute Gasteiger partial charge is 0.338 e. The Kier molecular flexibility index (Phi) is 2.65. The lowest BCUT2D eigenvalue weighted by molar-refractivity contribution is 0.0695. The molecule has 0 aliphatic heterocycles. The van der Waals surface area contributed by atoms with Crippen molar-refractivity contribution in [2.75, 3.05) is 7.11 Å². The van der Waals surface area contributed by atoms with Crippen molar-refractivity contribution in [3.05, 3.63) is 22.3 Å². The highest BCUT2D eigenvalue weighted by molar-refractivity contribution is 9.10. The summed E-state index contributed by atoms with van der Waals surface area (Å²) in [5.74, 6) is -0.635. The van der Waals surface area contributed by atoms with E-state index in [9.17, 15) is 4.79 Å². The molecule has 64 valence electrons. The molecule has 0 atom stereocenters. The van der Waals surface area contributed by atoms with Crippen LogP contribution in [0.2, 0.25) is 0 Å². The number of rotatable bonds is 2. The fourth-order valence-electron chi connectivity index (χ4n) is 0.682. The Morgan fingerprint density at radius 2 is 2.42 bits per heavy atom. The number of halogens is 1. The van der Waals surface area contributed by atoms with Crippen molar-refractivity contribution in [2.24, 2.45) is 0 Å². The van der Waals surface area contributed by atoms with E-state index in [4.69, 9.17) is 9.84 Å². The molecule has 1 aromatic rings. The van der Waals surface area contributed by atoms with E-state index in [1.165, 1.54) is 19.4 Å². The van der Waals surface area contributed by atoms with Crippen LogP contribution in [0.25, 0.3) is 0 Å². The van der Waals surface area contributed by atoms with Crippen molar-refractivity contribution in [1.82, 2.24) is 4.98 Å². The predicted molar refractivity (Wildman–Crippen MR) is 45.4 cm³/mol. The Balaban J connectivity index is 3.12. The first-order valence-electron chi connectivity index (χ1n) is 3.08. The molecule has 5 heteroatoms. The fourth-order valence-corrected chi connectivity index (χ4v) is 1.15. The van der Waals surface area contributed by atoms with Gasteiger partial charge in [-0.15, -0.1) is 0 Å². The molecule has 0 aliphatic carbocycles. The van der Waals surface area contributed by atoms with E-state index in [0.29, 0.717) is 10.4 Å². The maximum absolute atomic E-state index is 10.5. The molecule has 0 aliphatic rings. The number of carboxylic acids is 1. The summed E-state index contributed by atoms with van der Waals surface area (Å²) < 4.78 is 5.26. The van der Waals surface area contributed by atoms with Gasteiger partial charge in [-0.3, -0.25) is 0 Å². The number of pyridine rings is 1. The van der Waals surface area contributed by atoms with E-state index >= 15 is 0 Å². The number of hydrogen-bond donors (Lipinski definition) is 1. The maximum Gasteiger partial charge on any atom is 0.338 e. The molecule has 0 radical (unpaired) electrons. The van der Waals surface area contributed by atoms with Gasteiger partial charge in [0.15, 0.2) is 0 Å². The SMILES string of the molecule is COc1cc(Br)c(C(=O)O)cn1. The zero-order valence-electron chi connectivity index (χ0n) is 6.24. The van der Waals surface area contributed by atoms with E-state index < -0.39 is 5.97 Å². The Bertz CT molecular complexity index is 314. The number of ether oxygens (including phenoxy) is 1. The number of aromatic carboxylic acids is 1. The third-order valence-electron chi connectivity index (χ3n) is 1.27. The average Bonchev–Trinajstić information content (AvgIpc) is 2.03. The van der Waals surface area contributed by atoms with Crippen LogP contribution >= 0.6 is 15.9 Å². The molecule has 1 aromatic heterocycles. The molecule has 1 heterocycles. The minimum Gasteiger partial charge on any atom is -0.481 e. The van der Waals surface area contributed by atoms with Crippen LogP contribution in [0.15, 0.2) is 16.7 Å². The molecule has 0 aromatic carbocycles. The van der Waals surface area contributed by atoms with E-state index in [2.05, 4.69) is 20.9 Å². The lowest BCUT2D eigenvalue weighted by Crippen LogP contribution is -1.99. The van der Waals surface area contributed by atoms with Gasteiger partial charge in [0.2, 0.25) is 5.88 Å². The standard InChI is InChI=1S/C7H6BrNO3/c1-12-6-2-5(8)4(3-9-6)7(10)11/h2-3H,1H3,(H,10,11). The van der Waals surface area contributed by atoms with E-state index in [1.54, 1.807) is 0 Å². The monoisotopic (exact) mass is 231 g/mol. The zero-order valence-corrected chi connectivity index (χ0v) is 7.83. The highest BCUT2D eigenvalue weighted by Crippen LogP contribution is 2.19. The maximum atomic E-state index is 10.5. The summed E-state index contributed by atoms with van der Waals surface area (Å²) >= 11 is 3.09. The molecule has 0 spiro atoms. The van der Waals surface area contributed by atoms with Crippen LogP contribution in [0.5, 0.6) is 5.88 Å². The number of nitrogens with zero attached hydrogens (tertiary/aromatic N) is 1. The summed E-state index contributed by atoms with van der Waals surface area (Å²) in [6.07, 6.45) is 1.24. The molecule has 0 amide bonds. The highest BCUT2D eigenvalue weighted by atomic mass is 79.9. The number of carbonyl (C=O) groups is 1. The van der Waals surface area contributed by atoms with Gasteiger partial charge < -0.3 is 9.84 Å². The summed E-state index contributed by atoms with van der Waals surface area (Å²) in [6, 6.07) is 1.50. The van der Waals surface area contributed by atoms with E-state index in [0.717, 1.165) is 0 Å². The summed E-state index contributed by atoms with van der Waals surface area (Å²) in [5.41, 5.74) is 0.121. The average molecular weight is 232 g/mol. The molecule has 1 rings (SSSR count). The lowest BCUT2D eigenvalue weighted by atomic mass is 10.3. The fraction of sp³-hybridized carbons (Fsp3) is 0.143. The van der Waals surface area contributed by atoms with Gasteiger partial charge in [0.05, 0.1) is 12.7 Å². The van der Waals surface area contributed by atoms with Crippen molar-refractivity contribution in [1.29, 1.82) is 0 Å². The Hall–Kier alpha value is -1.10. The first kappa shape index (κ1) is 8.99. The third kappa shape index (κ3) is 1.73. The molecule has 0 saturated carbocycles. The second kappa shape index (κ2) is 3.53. The molecule has 0 saturated heterocycles. The topological polar surface area (TPSA) is 59.4 Å². The van der Waals surface area contributed by atoms with Crippen LogP contribution in [0.3, 0.4) is 0 Å². The molecular weight excluding hydrogens is 226 g/mol. The summed E-state index contributed by atoms with van der Waals surface area (Å²) in [7, 11) is 1.47. The third-order valence-corrected chi connectivity index (χ3v) is 1.92. The summed E-state index contributed by atoms with van der Waals surface area (Å²) in [6.45, 7) is 0. The minimum atomic E-state index is -1.02. The van der Waals surface area contributed by atoms with Crippen LogP contribution in [-0.2, 0) is 0 Å². The van der Waals surface area contributed by atoms with Gasteiger partial charge in [0, 0.05) is 16.7 Å². The van der Waals surface area contributed by atoms with Crippen LogP contribution in [0.1, 0.15) is 10.4 Å². The number of aromatic nitrogens is 1. The van der Waals surface area contributed by atoms with E-state index in [-0.39, 0.29) is 5.56 Å². The number of hydrogen-bond acceptors (Lipinski definition) is 3. The Morgan fingerprint density at radius 1 is 1.75 bits per heavy atom. The van der Waals surface area contributed by atoms with Crippen molar-refractivity contribution < 1.29 is 14.6 Å². The lowest BCUT2D eigenvalue weighted by Gasteiger charge is -2.00. The van der Waals surface area contributed by atoms with Crippen LogP contribution < -0.4 is 4.74 Å². The first-order chi connectivity index (χ1) is 5.65. The van der Waals surface area contributed by atoms with Gasteiger partial charge in [0.25, 0.3) is 0 Å². The summed E-state index contributed by atoms with van der Waals surface area (Å²) in [4.78, 5) is 14.3. The van der Waals surface area contributed by atoms with Gasteiger partial charge in [-0.05, 0) is 15.9 Å². The van der Waals surface area contributed by atoms with Gasteiger partial charge in [-0.1, -0.05) is 0 Å². The molecule has 1 N–H and O–H groups in total. The Labute approximate surface area is 77.3 Å². The quantitative estimate of drug-likeness (QED) is 0.840. The minimum absolute atomic E-state index is 0.121. The van der Waals surface area contributed by atoms with Crippen LogP contribution in [0, 0.1) is 0 Å². The molecule has 12 heavy (non-hydrogen) atoms. The second-order valence-corrected chi connectivity index (χ2v) is 2.87. The van der Waals surface area contributed by atoms with Gasteiger partial charge in [-0.25, -0.2) is 9.78 Å². The van der Waals surface area contributed by atoms with Crippen LogP contribution in [-0.4, -0.2) is 23.2 Å². The zero-order chi connectivity index (χ0) is 9.14. The second-order valence-electron chi connectivity index (χ2n) is 2.01.